The summed E-state index contributed by atoms with van der Waals surface area (Å²) in [5, 5.41) is 16.4. The summed E-state index contributed by atoms with van der Waals surface area (Å²) in [6.07, 6.45) is 0. The Labute approximate surface area is 125 Å². The highest BCUT2D eigenvalue weighted by atomic mass is 32.1. The zero-order valence-corrected chi connectivity index (χ0v) is 12.1. The van der Waals surface area contributed by atoms with Gasteiger partial charge in [-0.3, -0.25) is 4.79 Å². The van der Waals surface area contributed by atoms with Crippen LogP contribution in [0.15, 0.2) is 46.9 Å². The number of nitrogens with two attached hydrogens (primary N) is 1. The molecule has 0 bridgehead atoms. The summed E-state index contributed by atoms with van der Waals surface area (Å²) in [6, 6.07) is 10.0. The molecule has 1 atom stereocenters. The van der Waals surface area contributed by atoms with E-state index in [9.17, 15) is 4.79 Å². The number of oxime groups is 1. The van der Waals surface area contributed by atoms with Gasteiger partial charge in [-0.05, 0) is 17.0 Å². The van der Waals surface area contributed by atoms with Gasteiger partial charge < -0.3 is 21.0 Å². The molecule has 0 aliphatic rings. The van der Waals surface area contributed by atoms with Crippen molar-refractivity contribution in [2.75, 3.05) is 7.11 Å². The molecule has 4 N–H and O–H groups in total. The lowest BCUT2D eigenvalue weighted by Crippen LogP contribution is -2.37. The van der Waals surface area contributed by atoms with Gasteiger partial charge in [0, 0.05) is 0 Å². The summed E-state index contributed by atoms with van der Waals surface area (Å²) >= 11 is 1.26. The van der Waals surface area contributed by atoms with E-state index in [1.807, 2.05) is 18.2 Å². The van der Waals surface area contributed by atoms with E-state index in [1.54, 1.807) is 23.6 Å². The predicted molar refractivity (Wildman–Crippen MR) is 80.9 cm³/mol. The monoisotopic (exact) mass is 305 g/mol. The zero-order chi connectivity index (χ0) is 15.2. The van der Waals surface area contributed by atoms with Gasteiger partial charge in [0.05, 0.1) is 7.11 Å². The molecule has 0 aliphatic carbocycles. The molecular formula is C14H15N3O3S. The Balaban J connectivity index is 2.26. The first-order valence-electron chi connectivity index (χ1n) is 6.12. The number of carbonyl (C=O) groups excluding carboxylic acids is 1. The molecule has 1 aromatic heterocycles. The number of rotatable bonds is 5. The van der Waals surface area contributed by atoms with Crippen LogP contribution in [0.1, 0.15) is 21.3 Å². The fraction of sp³-hybridized carbons (Fsp3) is 0.143. The first-order chi connectivity index (χ1) is 10.2. The maximum atomic E-state index is 12.3. The smallest absolute Gasteiger partial charge is 0.266 e. The molecule has 0 aliphatic heterocycles. The van der Waals surface area contributed by atoms with Crippen molar-refractivity contribution in [3.63, 3.8) is 0 Å². The highest BCUT2D eigenvalue weighted by molar-refractivity contribution is 7.12. The molecule has 1 heterocycles. The summed E-state index contributed by atoms with van der Waals surface area (Å²) < 4.78 is 5.12. The number of nitrogens with one attached hydrogen (secondary N) is 1. The Morgan fingerprint density at radius 2 is 2.10 bits per heavy atom. The number of nitrogens with zero attached hydrogens (tertiary/aromatic N) is 1. The Bertz CT molecular complexity index is 640. The van der Waals surface area contributed by atoms with Crippen LogP contribution in [0.4, 0.5) is 0 Å². The second kappa shape index (κ2) is 6.76. The highest BCUT2D eigenvalue weighted by Gasteiger charge is 2.22. The van der Waals surface area contributed by atoms with Crippen LogP contribution in [-0.2, 0) is 0 Å². The average Bonchev–Trinajstić information content (AvgIpc) is 3.01. The van der Waals surface area contributed by atoms with Crippen molar-refractivity contribution in [3.05, 3.63) is 52.2 Å². The molecular weight excluding hydrogens is 290 g/mol. The van der Waals surface area contributed by atoms with Gasteiger partial charge in [0.1, 0.15) is 16.7 Å². The lowest BCUT2D eigenvalue weighted by molar-refractivity contribution is 0.0947. The van der Waals surface area contributed by atoms with Crippen LogP contribution in [0.3, 0.4) is 0 Å². The number of amidine groups is 1. The fourth-order valence-corrected chi connectivity index (χ4v) is 2.61. The normalized spacial score (nSPS) is 12.7. The zero-order valence-electron chi connectivity index (χ0n) is 11.3. The molecule has 6 nitrogen and oxygen atoms in total. The third-order valence-corrected chi connectivity index (χ3v) is 3.77. The van der Waals surface area contributed by atoms with Crippen molar-refractivity contribution in [1.82, 2.24) is 5.32 Å². The topological polar surface area (TPSA) is 96.9 Å². The summed E-state index contributed by atoms with van der Waals surface area (Å²) in [7, 11) is 1.50. The number of hydrogen-bond acceptors (Lipinski definition) is 5. The van der Waals surface area contributed by atoms with E-state index in [-0.39, 0.29) is 11.7 Å². The Kier molecular flexibility index (Phi) is 4.78. The quantitative estimate of drug-likeness (QED) is 0.340. The van der Waals surface area contributed by atoms with Gasteiger partial charge in [-0.1, -0.05) is 35.5 Å². The lowest BCUT2D eigenvalue weighted by atomic mass is 10.1. The first kappa shape index (κ1) is 14.9. The number of ether oxygens (including phenoxy) is 1. The molecule has 0 fully saturated rings. The van der Waals surface area contributed by atoms with E-state index in [2.05, 4.69) is 10.5 Å². The van der Waals surface area contributed by atoms with Gasteiger partial charge in [-0.25, -0.2) is 0 Å². The Morgan fingerprint density at radius 3 is 2.71 bits per heavy atom. The first-order valence-corrected chi connectivity index (χ1v) is 7.00. The van der Waals surface area contributed by atoms with Crippen LogP contribution in [-0.4, -0.2) is 24.1 Å². The van der Waals surface area contributed by atoms with Gasteiger partial charge >= 0.3 is 0 Å². The minimum atomic E-state index is -0.712. The molecule has 21 heavy (non-hydrogen) atoms. The number of methoxy groups -OCH3 is 1. The van der Waals surface area contributed by atoms with Crippen LogP contribution >= 0.6 is 11.3 Å². The van der Waals surface area contributed by atoms with Crippen LogP contribution in [0.25, 0.3) is 0 Å². The van der Waals surface area contributed by atoms with Crippen LogP contribution in [0.5, 0.6) is 5.75 Å². The maximum absolute atomic E-state index is 12.3. The van der Waals surface area contributed by atoms with Gasteiger partial charge in [-0.15, -0.1) is 11.3 Å². The maximum Gasteiger partial charge on any atom is 0.266 e. The Hall–Kier alpha value is -2.54. The van der Waals surface area contributed by atoms with E-state index in [1.165, 1.54) is 18.4 Å². The standard InChI is InChI=1S/C14H15N3O3S/c1-20-10-7-8-21-12(10)14(18)16-11(13(15)17-19)9-5-3-2-4-6-9/h2-8,11,19H,1H3,(H2,15,17)(H,16,18). The van der Waals surface area contributed by atoms with Gasteiger partial charge in [0.25, 0.3) is 5.91 Å². The predicted octanol–water partition coefficient (Wildman–Crippen LogP) is 1.97. The van der Waals surface area contributed by atoms with Crippen molar-refractivity contribution < 1.29 is 14.7 Å². The summed E-state index contributed by atoms with van der Waals surface area (Å²) in [5.41, 5.74) is 6.40. The number of benzene rings is 1. The largest absolute Gasteiger partial charge is 0.495 e. The molecule has 110 valence electrons. The van der Waals surface area contributed by atoms with E-state index in [4.69, 9.17) is 15.7 Å². The van der Waals surface area contributed by atoms with Crippen molar-refractivity contribution in [2.24, 2.45) is 10.9 Å². The second-order valence-electron chi connectivity index (χ2n) is 4.16. The van der Waals surface area contributed by atoms with Crippen LogP contribution in [0.2, 0.25) is 0 Å². The van der Waals surface area contributed by atoms with E-state index >= 15 is 0 Å². The molecule has 1 aromatic carbocycles. The van der Waals surface area contributed by atoms with Crippen LogP contribution < -0.4 is 15.8 Å². The van der Waals surface area contributed by atoms with Crippen molar-refractivity contribution in [3.8, 4) is 5.75 Å². The van der Waals surface area contributed by atoms with Gasteiger partial charge in [0.15, 0.2) is 5.84 Å². The van der Waals surface area contributed by atoms with E-state index in [0.29, 0.717) is 10.6 Å². The summed E-state index contributed by atoms with van der Waals surface area (Å²) in [5.74, 6) is 0.0520. The number of hydrogen-bond donors (Lipinski definition) is 3. The lowest BCUT2D eigenvalue weighted by Gasteiger charge is -2.17. The average molecular weight is 305 g/mol. The van der Waals surface area contributed by atoms with Crippen molar-refractivity contribution in [2.45, 2.75) is 6.04 Å². The third-order valence-electron chi connectivity index (χ3n) is 2.87. The number of amides is 1. The SMILES string of the molecule is COc1ccsc1C(=O)NC(/C(N)=N/O)c1ccccc1. The molecule has 0 saturated heterocycles. The second-order valence-corrected chi connectivity index (χ2v) is 5.08. The molecule has 2 rings (SSSR count). The molecule has 1 unspecified atom stereocenters. The fourth-order valence-electron chi connectivity index (χ4n) is 1.85. The van der Waals surface area contributed by atoms with E-state index < -0.39 is 6.04 Å². The third kappa shape index (κ3) is 3.32. The van der Waals surface area contributed by atoms with Crippen molar-refractivity contribution >= 4 is 23.1 Å². The van der Waals surface area contributed by atoms with Crippen LogP contribution in [0, 0.1) is 0 Å². The highest BCUT2D eigenvalue weighted by Crippen LogP contribution is 2.25. The molecule has 2 aromatic rings. The summed E-state index contributed by atoms with van der Waals surface area (Å²) in [4.78, 5) is 12.8. The number of thiophene rings is 1. The van der Waals surface area contributed by atoms with Gasteiger partial charge in [0.2, 0.25) is 0 Å². The molecule has 0 spiro atoms. The minimum Gasteiger partial charge on any atom is -0.495 e. The molecule has 0 saturated carbocycles. The minimum absolute atomic E-state index is 0.0925. The molecule has 7 heteroatoms. The van der Waals surface area contributed by atoms with Gasteiger partial charge in [-0.2, -0.15) is 0 Å². The molecule has 0 radical (unpaired) electrons. The number of carbonyl (C=O) groups is 1. The van der Waals surface area contributed by atoms with E-state index in [0.717, 1.165) is 5.56 Å². The molecule has 1 amide bonds. The summed E-state index contributed by atoms with van der Waals surface area (Å²) in [6.45, 7) is 0. The Morgan fingerprint density at radius 1 is 1.38 bits per heavy atom. The van der Waals surface area contributed by atoms with Crippen molar-refractivity contribution in [1.29, 1.82) is 0 Å².